The smallest absolute Gasteiger partial charge is 0.134 e. The summed E-state index contributed by atoms with van der Waals surface area (Å²) in [6.07, 6.45) is 0.764. The third kappa shape index (κ3) is 3.14. The van der Waals surface area contributed by atoms with Gasteiger partial charge in [0, 0.05) is 17.2 Å². The molecule has 1 unspecified atom stereocenters. The number of hydrogen-bond acceptors (Lipinski definition) is 4. The molecule has 0 amide bonds. The van der Waals surface area contributed by atoms with Gasteiger partial charge in [-0.15, -0.1) is 11.3 Å². The van der Waals surface area contributed by atoms with Crippen LogP contribution in [0.2, 0.25) is 0 Å². The molecule has 5 heteroatoms. The highest BCUT2D eigenvalue weighted by atomic mass is 32.1. The quantitative estimate of drug-likeness (QED) is 0.766. The first-order valence-electron chi connectivity index (χ1n) is 6.99. The van der Waals surface area contributed by atoms with E-state index in [9.17, 15) is 4.39 Å². The lowest BCUT2D eigenvalue weighted by molar-refractivity contribution is 0.432. The summed E-state index contributed by atoms with van der Waals surface area (Å²) in [7, 11) is 0. The molecule has 2 heterocycles. The summed E-state index contributed by atoms with van der Waals surface area (Å²) < 4.78 is 19.1. The van der Waals surface area contributed by atoms with E-state index in [4.69, 9.17) is 4.42 Å². The highest BCUT2D eigenvalue weighted by molar-refractivity contribution is 7.09. The van der Waals surface area contributed by atoms with Crippen LogP contribution in [0.5, 0.6) is 0 Å². The topological polar surface area (TPSA) is 38.1 Å². The van der Waals surface area contributed by atoms with Crippen LogP contribution >= 0.6 is 11.3 Å². The van der Waals surface area contributed by atoms with Crippen molar-refractivity contribution in [2.45, 2.75) is 26.3 Å². The maximum atomic E-state index is 13.3. The van der Waals surface area contributed by atoms with E-state index in [1.165, 1.54) is 12.1 Å². The number of likely N-dealkylation sites (N-methyl/N-ethyl adjacent to an activating group) is 1. The van der Waals surface area contributed by atoms with Gasteiger partial charge in [-0.25, -0.2) is 9.37 Å². The predicted octanol–water partition coefficient (Wildman–Crippen LogP) is 4.23. The number of benzene rings is 1. The molecule has 3 nitrogen and oxygen atoms in total. The number of thiazole rings is 1. The Kier molecular flexibility index (Phi) is 4.03. The summed E-state index contributed by atoms with van der Waals surface area (Å²) >= 11 is 1.65. The highest BCUT2D eigenvalue weighted by Gasteiger charge is 2.17. The van der Waals surface area contributed by atoms with E-state index in [-0.39, 0.29) is 11.9 Å². The SMILES string of the molecule is CCNC(Cc1csc(C)n1)c1cc2cc(F)ccc2o1. The maximum absolute atomic E-state index is 13.3. The molecule has 21 heavy (non-hydrogen) atoms. The molecule has 3 rings (SSSR count). The largest absolute Gasteiger partial charge is 0.459 e. The number of nitrogens with zero attached hydrogens (tertiary/aromatic N) is 1. The van der Waals surface area contributed by atoms with Crippen molar-refractivity contribution in [2.75, 3.05) is 6.54 Å². The number of halogens is 1. The average molecular weight is 304 g/mol. The van der Waals surface area contributed by atoms with E-state index in [0.717, 1.165) is 34.8 Å². The number of nitrogens with one attached hydrogen (secondary N) is 1. The first-order chi connectivity index (χ1) is 10.2. The van der Waals surface area contributed by atoms with Crippen molar-refractivity contribution in [1.82, 2.24) is 10.3 Å². The van der Waals surface area contributed by atoms with Gasteiger partial charge in [-0.2, -0.15) is 0 Å². The van der Waals surface area contributed by atoms with E-state index in [0.29, 0.717) is 5.58 Å². The third-order valence-electron chi connectivity index (χ3n) is 3.37. The van der Waals surface area contributed by atoms with Crippen LogP contribution in [-0.4, -0.2) is 11.5 Å². The minimum absolute atomic E-state index is 0.0481. The average Bonchev–Trinajstić information content (AvgIpc) is 3.04. The Bertz CT molecular complexity index is 750. The van der Waals surface area contributed by atoms with Crippen molar-refractivity contribution < 1.29 is 8.81 Å². The molecule has 0 aliphatic heterocycles. The third-order valence-corrected chi connectivity index (χ3v) is 4.19. The maximum Gasteiger partial charge on any atom is 0.134 e. The van der Waals surface area contributed by atoms with Gasteiger partial charge in [0.2, 0.25) is 0 Å². The molecule has 110 valence electrons. The molecular formula is C16H17FN2OS. The number of hydrogen-bond donors (Lipinski definition) is 1. The van der Waals surface area contributed by atoms with E-state index in [1.807, 2.05) is 13.0 Å². The highest BCUT2D eigenvalue weighted by Crippen LogP contribution is 2.27. The summed E-state index contributed by atoms with van der Waals surface area (Å²) in [6.45, 7) is 4.89. The normalized spacial score (nSPS) is 12.9. The molecule has 0 saturated carbocycles. The van der Waals surface area contributed by atoms with Crippen LogP contribution in [0.15, 0.2) is 34.1 Å². The Labute approximate surface area is 126 Å². The molecule has 0 bridgehead atoms. The van der Waals surface area contributed by atoms with Gasteiger partial charge in [0.05, 0.1) is 16.7 Å². The first-order valence-corrected chi connectivity index (χ1v) is 7.87. The van der Waals surface area contributed by atoms with Gasteiger partial charge in [0.15, 0.2) is 0 Å². The fourth-order valence-corrected chi connectivity index (χ4v) is 3.06. The molecule has 2 aromatic heterocycles. The van der Waals surface area contributed by atoms with Crippen molar-refractivity contribution in [2.24, 2.45) is 0 Å². The number of aryl methyl sites for hydroxylation is 1. The predicted molar refractivity (Wildman–Crippen MR) is 83.1 cm³/mol. The van der Waals surface area contributed by atoms with E-state index in [2.05, 4.69) is 22.6 Å². The molecule has 1 aromatic carbocycles. The standard InChI is InChI=1S/C16H17FN2OS/c1-3-18-14(8-13-9-21-10(2)19-13)16-7-11-6-12(17)4-5-15(11)20-16/h4-7,9,14,18H,3,8H2,1-2H3. The molecule has 3 aromatic rings. The molecule has 1 N–H and O–H groups in total. The lowest BCUT2D eigenvalue weighted by Gasteiger charge is -2.13. The zero-order valence-corrected chi connectivity index (χ0v) is 12.8. The van der Waals surface area contributed by atoms with Crippen LogP contribution in [-0.2, 0) is 6.42 Å². The van der Waals surface area contributed by atoms with Gasteiger partial charge in [-0.05, 0) is 37.7 Å². The second-order valence-electron chi connectivity index (χ2n) is 5.00. The van der Waals surface area contributed by atoms with Crippen molar-refractivity contribution in [1.29, 1.82) is 0 Å². The van der Waals surface area contributed by atoms with Crippen molar-refractivity contribution in [3.63, 3.8) is 0 Å². The second-order valence-corrected chi connectivity index (χ2v) is 6.07. The molecule has 0 aliphatic rings. The summed E-state index contributed by atoms with van der Waals surface area (Å²) in [5, 5.41) is 7.34. The zero-order valence-electron chi connectivity index (χ0n) is 12.0. The van der Waals surface area contributed by atoms with E-state index in [1.54, 1.807) is 17.4 Å². The van der Waals surface area contributed by atoms with E-state index >= 15 is 0 Å². The van der Waals surface area contributed by atoms with Gasteiger partial charge >= 0.3 is 0 Å². The van der Waals surface area contributed by atoms with Gasteiger partial charge < -0.3 is 9.73 Å². The molecule has 0 fully saturated rings. The van der Waals surface area contributed by atoms with Crippen LogP contribution in [0.25, 0.3) is 11.0 Å². The first kappa shape index (κ1) is 14.2. The monoisotopic (exact) mass is 304 g/mol. The van der Waals surface area contributed by atoms with Gasteiger partial charge in [0.25, 0.3) is 0 Å². The Hall–Kier alpha value is -1.72. The Morgan fingerprint density at radius 1 is 1.38 bits per heavy atom. The number of aromatic nitrogens is 1. The second kappa shape index (κ2) is 5.95. The van der Waals surface area contributed by atoms with Gasteiger partial charge in [0.1, 0.15) is 17.2 Å². The minimum Gasteiger partial charge on any atom is -0.459 e. The van der Waals surface area contributed by atoms with Crippen LogP contribution < -0.4 is 5.32 Å². The lowest BCUT2D eigenvalue weighted by Crippen LogP contribution is -2.22. The summed E-state index contributed by atoms with van der Waals surface area (Å²) in [5.41, 5.74) is 1.76. The fraction of sp³-hybridized carbons (Fsp3) is 0.312. The zero-order chi connectivity index (χ0) is 14.8. The van der Waals surface area contributed by atoms with Crippen molar-refractivity contribution >= 4 is 22.3 Å². The molecule has 1 atom stereocenters. The number of rotatable bonds is 5. The number of furan rings is 1. The Morgan fingerprint density at radius 2 is 2.24 bits per heavy atom. The van der Waals surface area contributed by atoms with Gasteiger partial charge in [-0.1, -0.05) is 6.92 Å². The molecule has 0 radical (unpaired) electrons. The number of fused-ring (bicyclic) bond motifs is 1. The summed E-state index contributed by atoms with van der Waals surface area (Å²) in [4.78, 5) is 4.50. The van der Waals surface area contributed by atoms with Crippen molar-refractivity contribution in [3.05, 3.63) is 51.9 Å². The molecular weight excluding hydrogens is 287 g/mol. The lowest BCUT2D eigenvalue weighted by atomic mass is 10.1. The van der Waals surface area contributed by atoms with Crippen LogP contribution in [0.4, 0.5) is 4.39 Å². The van der Waals surface area contributed by atoms with Crippen LogP contribution in [0, 0.1) is 12.7 Å². The van der Waals surface area contributed by atoms with Gasteiger partial charge in [-0.3, -0.25) is 0 Å². The van der Waals surface area contributed by atoms with Crippen molar-refractivity contribution in [3.8, 4) is 0 Å². The summed E-state index contributed by atoms with van der Waals surface area (Å²) in [6, 6.07) is 6.54. The molecule has 0 spiro atoms. The Morgan fingerprint density at radius 3 is 2.95 bits per heavy atom. The molecule has 0 saturated heterocycles. The fourth-order valence-electron chi connectivity index (χ4n) is 2.44. The Balaban J connectivity index is 1.90. The van der Waals surface area contributed by atoms with Crippen LogP contribution in [0.1, 0.15) is 29.4 Å². The van der Waals surface area contributed by atoms with E-state index < -0.39 is 0 Å². The van der Waals surface area contributed by atoms with Crippen LogP contribution in [0.3, 0.4) is 0 Å². The minimum atomic E-state index is -0.245. The summed E-state index contributed by atoms with van der Waals surface area (Å²) in [5.74, 6) is 0.577. The molecule has 0 aliphatic carbocycles.